The summed E-state index contributed by atoms with van der Waals surface area (Å²) in [5, 5.41) is 17.5. The average Bonchev–Trinajstić information content (AvgIpc) is 2.66. The number of nitriles is 1. The largest absolute Gasteiger partial charge is 0.497 e. The molecule has 0 radical (unpaired) electrons. The van der Waals surface area contributed by atoms with Gasteiger partial charge in [-0.05, 0) is 36.4 Å². The van der Waals surface area contributed by atoms with Gasteiger partial charge in [0.15, 0.2) is 11.6 Å². The first-order valence-electron chi connectivity index (χ1n) is 7.56. The van der Waals surface area contributed by atoms with Gasteiger partial charge in [-0.3, -0.25) is 5.41 Å². The van der Waals surface area contributed by atoms with Crippen molar-refractivity contribution >= 4 is 16.8 Å². The minimum absolute atomic E-state index is 0.0908. The lowest BCUT2D eigenvalue weighted by Crippen LogP contribution is -2.14. The van der Waals surface area contributed by atoms with Crippen LogP contribution in [0.1, 0.15) is 22.6 Å². The molecule has 2 aromatic carbocycles. The van der Waals surface area contributed by atoms with Gasteiger partial charge in [0.05, 0.1) is 30.9 Å². The van der Waals surface area contributed by atoms with Crippen LogP contribution >= 0.6 is 11.8 Å². The smallest absolute Gasteiger partial charge is 0.169 e. The summed E-state index contributed by atoms with van der Waals surface area (Å²) in [5.41, 5.74) is 1.85. The van der Waals surface area contributed by atoms with Gasteiger partial charge < -0.3 is 9.47 Å². The molecule has 1 atom stereocenters. The minimum Gasteiger partial charge on any atom is -0.497 e. The molecular weight excluding hydrogens is 339 g/mol. The topological polar surface area (TPSA) is 66.1 Å². The maximum absolute atomic E-state index is 14.8. The Kier molecular flexibility index (Phi) is 6.43. The van der Waals surface area contributed by atoms with Crippen molar-refractivity contribution in [2.75, 3.05) is 20.5 Å². The average molecular weight is 358 g/mol. The van der Waals surface area contributed by atoms with Crippen molar-refractivity contribution in [3.8, 4) is 17.6 Å². The lowest BCUT2D eigenvalue weighted by molar-refractivity contribution is 0.370. The first-order chi connectivity index (χ1) is 12.0. The molecule has 0 bridgehead atoms. The fourth-order valence-electron chi connectivity index (χ4n) is 2.55. The molecule has 0 fully saturated rings. The normalized spacial score (nSPS) is 11.5. The molecule has 0 aliphatic carbocycles. The van der Waals surface area contributed by atoms with Gasteiger partial charge in [-0.15, -0.1) is 11.8 Å². The number of rotatable bonds is 6. The molecule has 0 saturated carbocycles. The molecule has 0 saturated heterocycles. The molecule has 0 heterocycles. The third-order valence-electron chi connectivity index (χ3n) is 3.93. The summed E-state index contributed by atoms with van der Waals surface area (Å²) < 4.78 is 25.2. The molecule has 25 heavy (non-hydrogen) atoms. The molecule has 6 heteroatoms. The summed E-state index contributed by atoms with van der Waals surface area (Å²) in [6.07, 6.45) is 2.24. The second-order valence-corrected chi connectivity index (χ2v) is 6.21. The Morgan fingerprint density at radius 1 is 1.24 bits per heavy atom. The first kappa shape index (κ1) is 18.8. The van der Waals surface area contributed by atoms with E-state index in [1.54, 1.807) is 24.5 Å². The van der Waals surface area contributed by atoms with E-state index >= 15 is 0 Å². The standard InChI is InChI=1S/C19H19FN2O2S/c1-23-14-9-15(18(20)17(10-14)24-2)16(19(22)25-3)8-12-4-6-13(11-21)7-5-12/h4-7,9-10,16,22H,8H2,1-3H3. The Hall–Kier alpha value is -2.52. The fourth-order valence-corrected chi connectivity index (χ4v) is 3.05. The van der Waals surface area contributed by atoms with Gasteiger partial charge in [-0.25, -0.2) is 4.39 Å². The lowest BCUT2D eigenvalue weighted by atomic mass is 9.91. The van der Waals surface area contributed by atoms with Gasteiger partial charge >= 0.3 is 0 Å². The maximum atomic E-state index is 14.8. The van der Waals surface area contributed by atoms with Crippen LogP contribution in [0.5, 0.6) is 11.5 Å². The van der Waals surface area contributed by atoms with Crippen molar-refractivity contribution in [1.82, 2.24) is 0 Å². The summed E-state index contributed by atoms with van der Waals surface area (Å²) >= 11 is 1.27. The van der Waals surface area contributed by atoms with Crippen LogP contribution in [0.15, 0.2) is 36.4 Å². The van der Waals surface area contributed by atoms with Crippen molar-refractivity contribution in [3.63, 3.8) is 0 Å². The number of methoxy groups -OCH3 is 2. The monoisotopic (exact) mass is 358 g/mol. The van der Waals surface area contributed by atoms with Crippen LogP contribution in [0, 0.1) is 22.6 Å². The van der Waals surface area contributed by atoms with E-state index in [2.05, 4.69) is 6.07 Å². The summed E-state index contributed by atoms with van der Waals surface area (Å²) in [4.78, 5) is 0. The molecule has 4 nitrogen and oxygen atoms in total. The van der Waals surface area contributed by atoms with Gasteiger partial charge in [0.25, 0.3) is 0 Å². The minimum atomic E-state index is -0.485. The van der Waals surface area contributed by atoms with Gasteiger partial charge in [0, 0.05) is 17.5 Å². The third kappa shape index (κ3) is 4.31. The number of benzene rings is 2. The number of nitrogens with one attached hydrogen (secondary N) is 1. The highest BCUT2D eigenvalue weighted by molar-refractivity contribution is 8.13. The highest BCUT2D eigenvalue weighted by Crippen LogP contribution is 2.35. The Bertz CT molecular complexity index is 800. The molecule has 1 unspecified atom stereocenters. The van der Waals surface area contributed by atoms with E-state index < -0.39 is 11.7 Å². The van der Waals surface area contributed by atoms with Crippen LogP contribution < -0.4 is 9.47 Å². The van der Waals surface area contributed by atoms with Crippen molar-refractivity contribution in [3.05, 3.63) is 58.9 Å². The fraction of sp³-hybridized carbons (Fsp3) is 0.263. The molecular formula is C19H19FN2O2S. The summed E-state index contributed by atoms with van der Waals surface area (Å²) in [6, 6.07) is 12.3. The zero-order valence-corrected chi connectivity index (χ0v) is 15.1. The highest BCUT2D eigenvalue weighted by atomic mass is 32.2. The van der Waals surface area contributed by atoms with Gasteiger partial charge in [0.2, 0.25) is 0 Å². The second kappa shape index (κ2) is 8.54. The summed E-state index contributed by atoms with van der Waals surface area (Å²) in [7, 11) is 2.91. The first-order valence-corrected chi connectivity index (χ1v) is 8.79. The van der Waals surface area contributed by atoms with Crippen LogP contribution in [0.25, 0.3) is 0 Å². The van der Waals surface area contributed by atoms with Gasteiger partial charge in [-0.1, -0.05) is 12.1 Å². The summed E-state index contributed by atoms with van der Waals surface area (Å²) in [5.74, 6) is -0.382. The van der Waals surface area contributed by atoms with E-state index in [9.17, 15) is 4.39 Å². The van der Waals surface area contributed by atoms with E-state index in [-0.39, 0.29) is 5.75 Å². The number of nitrogens with zero attached hydrogens (tertiary/aromatic N) is 1. The van der Waals surface area contributed by atoms with Crippen LogP contribution in [-0.2, 0) is 6.42 Å². The predicted octanol–water partition coefficient (Wildman–Crippen LogP) is 4.38. The van der Waals surface area contributed by atoms with Crippen LogP contribution in [0.4, 0.5) is 4.39 Å². The highest BCUT2D eigenvalue weighted by Gasteiger charge is 2.24. The molecule has 2 aromatic rings. The Morgan fingerprint density at radius 2 is 1.92 bits per heavy atom. The molecule has 1 N–H and O–H groups in total. The van der Waals surface area contributed by atoms with Crippen LogP contribution in [0.2, 0.25) is 0 Å². The molecule has 2 rings (SSSR count). The summed E-state index contributed by atoms with van der Waals surface area (Å²) in [6.45, 7) is 0. The van der Waals surface area contributed by atoms with E-state index in [1.165, 1.54) is 32.0 Å². The van der Waals surface area contributed by atoms with Crippen molar-refractivity contribution in [1.29, 1.82) is 10.7 Å². The van der Waals surface area contributed by atoms with E-state index in [0.29, 0.717) is 28.3 Å². The van der Waals surface area contributed by atoms with E-state index in [4.69, 9.17) is 20.1 Å². The van der Waals surface area contributed by atoms with E-state index in [0.717, 1.165) is 5.56 Å². The Morgan fingerprint density at radius 3 is 2.44 bits per heavy atom. The molecule has 0 aromatic heterocycles. The van der Waals surface area contributed by atoms with E-state index in [1.807, 2.05) is 12.1 Å². The molecule has 0 spiro atoms. The zero-order chi connectivity index (χ0) is 18.4. The third-order valence-corrected chi connectivity index (χ3v) is 4.66. The second-order valence-electron chi connectivity index (χ2n) is 5.37. The lowest BCUT2D eigenvalue weighted by Gasteiger charge is -2.20. The molecule has 130 valence electrons. The number of hydrogen-bond acceptors (Lipinski definition) is 5. The quantitative estimate of drug-likeness (QED) is 0.615. The van der Waals surface area contributed by atoms with Crippen molar-refractivity contribution in [2.45, 2.75) is 12.3 Å². The van der Waals surface area contributed by atoms with Crippen molar-refractivity contribution in [2.24, 2.45) is 0 Å². The maximum Gasteiger partial charge on any atom is 0.169 e. The molecule has 0 aliphatic heterocycles. The SMILES string of the molecule is COc1cc(OC)c(F)c(C(Cc2ccc(C#N)cc2)C(=N)SC)c1. The van der Waals surface area contributed by atoms with Gasteiger partial charge in [-0.2, -0.15) is 5.26 Å². The number of hydrogen-bond donors (Lipinski definition) is 1. The van der Waals surface area contributed by atoms with Crippen molar-refractivity contribution < 1.29 is 13.9 Å². The van der Waals surface area contributed by atoms with Crippen LogP contribution in [0.3, 0.4) is 0 Å². The van der Waals surface area contributed by atoms with Gasteiger partial charge in [0.1, 0.15) is 5.75 Å². The molecule has 0 aliphatic rings. The number of halogens is 1. The number of thioether (sulfide) groups is 1. The molecule has 0 amide bonds. The zero-order valence-electron chi connectivity index (χ0n) is 14.3. The van der Waals surface area contributed by atoms with Crippen LogP contribution in [-0.4, -0.2) is 25.5 Å². The Labute approximate surface area is 151 Å². The Balaban J connectivity index is 2.47. The predicted molar refractivity (Wildman–Crippen MR) is 98.3 cm³/mol. The number of ether oxygens (including phenoxy) is 2.